The molecule has 184 valence electrons. The fourth-order valence-electron chi connectivity index (χ4n) is 4.43. The Morgan fingerprint density at radius 1 is 1.24 bits per heavy atom. The number of halogens is 3. The molecule has 1 aromatic rings. The molecule has 2 saturated heterocycles. The second-order valence-electron chi connectivity index (χ2n) is 9.04. The molecule has 2 unspecified atom stereocenters. The second kappa shape index (κ2) is 10.3. The van der Waals surface area contributed by atoms with Gasteiger partial charge in [-0.15, -0.1) is 0 Å². The van der Waals surface area contributed by atoms with Gasteiger partial charge in [-0.05, 0) is 42.9 Å². The predicted molar refractivity (Wildman–Crippen MR) is 114 cm³/mol. The van der Waals surface area contributed by atoms with Gasteiger partial charge in [0.25, 0.3) is 0 Å². The zero-order valence-corrected chi connectivity index (χ0v) is 18.9. The number of likely N-dealkylation sites (tertiary alicyclic amines) is 1. The van der Waals surface area contributed by atoms with Crippen LogP contribution in [0.4, 0.5) is 13.2 Å². The normalized spacial score (nSPS) is 24.6. The molecule has 1 amide bonds. The Hall–Kier alpha value is -2.33. The summed E-state index contributed by atoms with van der Waals surface area (Å²) in [5.74, 6) is -0.598. The lowest BCUT2D eigenvalue weighted by atomic mass is 9.89. The highest BCUT2D eigenvalue weighted by Crippen LogP contribution is 2.40. The van der Waals surface area contributed by atoms with Gasteiger partial charge in [0.1, 0.15) is 5.75 Å². The van der Waals surface area contributed by atoms with E-state index in [4.69, 9.17) is 19.4 Å². The van der Waals surface area contributed by atoms with E-state index in [2.05, 4.69) is 28.9 Å². The van der Waals surface area contributed by atoms with E-state index in [-0.39, 0.29) is 5.60 Å². The number of hydrogen-bond donors (Lipinski definition) is 1. The van der Waals surface area contributed by atoms with Crippen molar-refractivity contribution in [3.63, 3.8) is 0 Å². The highest BCUT2D eigenvalue weighted by Gasteiger charge is 2.45. The average molecular weight is 473 g/mol. The van der Waals surface area contributed by atoms with E-state index >= 15 is 0 Å². The van der Waals surface area contributed by atoms with E-state index in [0.29, 0.717) is 17.7 Å². The number of carboxylic acid groups (broad SMARTS) is 1. The molecule has 2 atom stereocenters. The van der Waals surface area contributed by atoms with Crippen molar-refractivity contribution in [3.05, 3.63) is 29.8 Å². The number of nitrogens with zero attached hydrogens (tertiary/aromatic N) is 2. The summed E-state index contributed by atoms with van der Waals surface area (Å²) in [7, 11) is 1.71. The third kappa shape index (κ3) is 6.83. The Bertz CT molecular complexity index is 840. The van der Waals surface area contributed by atoms with E-state index in [9.17, 15) is 18.0 Å². The molecule has 1 aliphatic carbocycles. The number of carboxylic acids is 1. The molecule has 33 heavy (non-hydrogen) atoms. The summed E-state index contributed by atoms with van der Waals surface area (Å²) in [6, 6.07) is 8.30. The zero-order valence-electron chi connectivity index (χ0n) is 18.9. The Balaban J connectivity index is 0.000000383. The van der Waals surface area contributed by atoms with Gasteiger partial charge in [0.05, 0.1) is 19.3 Å². The highest BCUT2D eigenvalue weighted by atomic mass is 19.4. The number of carbonyl (C=O) groups is 2. The van der Waals surface area contributed by atoms with Crippen LogP contribution in [0.3, 0.4) is 0 Å². The van der Waals surface area contributed by atoms with E-state index < -0.39 is 12.1 Å². The van der Waals surface area contributed by atoms with Crippen molar-refractivity contribution < 1.29 is 37.3 Å². The van der Waals surface area contributed by atoms with Gasteiger partial charge in [0.2, 0.25) is 5.91 Å². The van der Waals surface area contributed by atoms with Crippen LogP contribution in [-0.2, 0) is 20.9 Å². The number of hydrogen-bond acceptors (Lipinski definition) is 5. The molecule has 4 rings (SSSR count). The third-order valence-corrected chi connectivity index (χ3v) is 6.52. The van der Waals surface area contributed by atoms with Crippen LogP contribution in [0.1, 0.15) is 31.7 Å². The van der Waals surface area contributed by atoms with E-state index in [0.717, 1.165) is 64.3 Å². The lowest BCUT2D eigenvalue weighted by molar-refractivity contribution is -0.192. The summed E-state index contributed by atoms with van der Waals surface area (Å²) in [5, 5.41) is 7.12. The average Bonchev–Trinajstić information content (AvgIpc) is 3.50. The molecule has 7 nitrogen and oxygen atoms in total. The minimum absolute atomic E-state index is 0.0803. The van der Waals surface area contributed by atoms with Crippen LogP contribution in [0.25, 0.3) is 0 Å². The van der Waals surface area contributed by atoms with Crippen LogP contribution >= 0.6 is 0 Å². The molecular formula is C23H31F3N2O5. The van der Waals surface area contributed by atoms with Crippen LogP contribution in [0, 0.1) is 11.8 Å². The lowest BCUT2D eigenvalue weighted by Crippen LogP contribution is -2.57. The monoisotopic (exact) mass is 472 g/mol. The van der Waals surface area contributed by atoms with Gasteiger partial charge in [0, 0.05) is 38.6 Å². The van der Waals surface area contributed by atoms with Crippen molar-refractivity contribution >= 4 is 11.9 Å². The molecule has 1 saturated carbocycles. The standard InChI is InChI=1S/C21H30N2O3.C2HF3O2/c1-16-12-19(16)20(24)23-8-6-21(7-9-23)15-22(10-11-26-21)14-17-4-3-5-18(13-17)25-2;3-2(4,5)1(6)7/h3-5,13,16,19H,6-12,14-15H2,1-2H3;(H,6,7). The van der Waals surface area contributed by atoms with Crippen molar-refractivity contribution in [2.75, 3.05) is 39.9 Å². The number of rotatable bonds is 4. The molecule has 2 aliphatic heterocycles. The number of morpholine rings is 1. The highest BCUT2D eigenvalue weighted by molar-refractivity contribution is 5.81. The molecule has 0 radical (unpaired) electrons. The number of amides is 1. The number of piperidine rings is 1. The largest absolute Gasteiger partial charge is 0.497 e. The lowest BCUT2D eigenvalue weighted by Gasteiger charge is -2.47. The maximum atomic E-state index is 12.5. The first-order chi connectivity index (χ1) is 15.5. The first-order valence-corrected chi connectivity index (χ1v) is 11.1. The smallest absolute Gasteiger partial charge is 0.490 e. The molecule has 10 heteroatoms. The molecule has 0 bridgehead atoms. The Morgan fingerprint density at radius 3 is 2.42 bits per heavy atom. The van der Waals surface area contributed by atoms with Gasteiger partial charge in [-0.2, -0.15) is 13.2 Å². The number of aliphatic carboxylic acids is 1. The van der Waals surface area contributed by atoms with Gasteiger partial charge in [-0.25, -0.2) is 4.79 Å². The van der Waals surface area contributed by atoms with Crippen LogP contribution < -0.4 is 4.74 Å². The van der Waals surface area contributed by atoms with Gasteiger partial charge < -0.3 is 19.5 Å². The number of methoxy groups -OCH3 is 1. The molecular weight excluding hydrogens is 441 g/mol. The zero-order chi connectivity index (χ0) is 24.2. The molecule has 1 aromatic carbocycles. The fourth-order valence-corrected chi connectivity index (χ4v) is 4.43. The minimum Gasteiger partial charge on any atom is -0.497 e. The Morgan fingerprint density at radius 2 is 1.88 bits per heavy atom. The number of benzene rings is 1. The summed E-state index contributed by atoms with van der Waals surface area (Å²) < 4.78 is 43.3. The van der Waals surface area contributed by atoms with Gasteiger partial charge in [-0.1, -0.05) is 19.1 Å². The second-order valence-corrected chi connectivity index (χ2v) is 9.04. The minimum atomic E-state index is -5.08. The fraction of sp³-hybridized carbons (Fsp3) is 0.652. The summed E-state index contributed by atoms with van der Waals surface area (Å²) >= 11 is 0. The maximum Gasteiger partial charge on any atom is 0.490 e. The van der Waals surface area contributed by atoms with Crippen molar-refractivity contribution in [3.8, 4) is 5.75 Å². The van der Waals surface area contributed by atoms with Gasteiger partial charge in [0.15, 0.2) is 0 Å². The SMILES string of the molecule is COc1cccc(CN2CCOC3(CCN(C(=O)C4CC4C)CC3)C2)c1.O=C(O)C(F)(F)F. The maximum absolute atomic E-state index is 12.5. The van der Waals surface area contributed by atoms with Crippen LogP contribution in [0.5, 0.6) is 5.75 Å². The molecule has 3 fully saturated rings. The molecule has 1 spiro atoms. The predicted octanol–water partition coefficient (Wildman–Crippen LogP) is 3.18. The molecule has 1 N–H and O–H groups in total. The van der Waals surface area contributed by atoms with E-state index in [1.165, 1.54) is 5.56 Å². The quantitative estimate of drug-likeness (QED) is 0.725. The summed E-state index contributed by atoms with van der Waals surface area (Å²) in [6.07, 6.45) is -2.10. The van der Waals surface area contributed by atoms with Crippen LogP contribution in [0.2, 0.25) is 0 Å². The van der Waals surface area contributed by atoms with Crippen molar-refractivity contribution in [1.82, 2.24) is 9.80 Å². The van der Waals surface area contributed by atoms with Crippen LogP contribution in [-0.4, -0.2) is 78.5 Å². The number of ether oxygens (including phenoxy) is 2. The third-order valence-electron chi connectivity index (χ3n) is 6.52. The molecule has 3 aliphatic rings. The van der Waals surface area contributed by atoms with Gasteiger partial charge >= 0.3 is 12.1 Å². The number of alkyl halides is 3. The summed E-state index contributed by atoms with van der Waals surface area (Å²) in [5.41, 5.74) is 1.19. The van der Waals surface area contributed by atoms with Crippen molar-refractivity contribution in [2.24, 2.45) is 11.8 Å². The Labute approximate surface area is 191 Å². The summed E-state index contributed by atoms with van der Waals surface area (Å²) in [4.78, 5) is 25.9. The van der Waals surface area contributed by atoms with E-state index in [1.807, 2.05) is 12.1 Å². The number of carbonyl (C=O) groups excluding carboxylic acids is 1. The molecule has 2 heterocycles. The van der Waals surface area contributed by atoms with Gasteiger partial charge in [-0.3, -0.25) is 9.69 Å². The molecule has 0 aromatic heterocycles. The first kappa shape index (κ1) is 25.3. The summed E-state index contributed by atoms with van der Waals surface area (Å²) in [6.45, 7) is 7.47. The van der Waals surface area contributed by atoms with E-state index in [1.54, 1.807) is 7.11 Å². The Kier molecular flexibility index (Phi) is 7.89. The first-order valence-electron chi connectivity index (χ1n) is 11.1. The topological polar surface area (TPSA) is 79.3 Å². The van der Waals surface area contributed by atoms with Crippen LogP contribution in [0.15, 0.2) is 24.3 Å². The van der Waals surface area contributed by atoms with Crippen molar-refractivity contribution in [2.45, 2.75) is 44.5 Å². The van der Waals surface area contributed by atoms with Crippen molar-refractivity contribution in [1.29, 1.82) is 0 Å².